The van der Waals surface area contributed by atoms with E-state index in [-0.39, 0.29) is 36.2 Å². The van der Waals surface area contributed by atoms with Crippen LogP contribution in [-0.2, 0) is 29.4 Å². The van der Waals surface area contributed by atoms with Gasteiger partial charge in [-0.05, 0) is 80.0 Å². The predicted molar refractivity (Wildman–Crippen MR) is 181 cm³/mol. The number of alkyl halides is 3. The molecule has 5 rings (SSSR count). The number of rotatable bonds is 16. The fourth-order valence-corrected chi connectivity index (χ4v) is 5.54. The largest absolute Gasteiger partial charge is 0.467 e. The summed E-state index contributed by atoms with van der Waals surface area (Å²) in [4.78, 5) is 62.6. The highest BCUT2D eigenvalue weighted by molar-refractivity contribution is 6.36. The van der Waals surface area contributed by atoms with Crippen LogP contribution >= 0.6 is 11.6 Å². The van der Waals surface area contributed by atoms with Crippen molar-refractivity contribution in [3.63, 3.8) is 0 Å². The summed E-state index contributed by atoms with van der Waals surface area (Å²) in [6.45, 7) is -0.0705. The minimum atomic E-state index is -4.63. The van der Waals surface area contributed by atoms with Gasteiger partial charge in [0.1, 0.15) is 6.04 Å². The number of nitrogens with one attached hydrogen (secondary N) is 4. The molecule has 1 saturated carbocycles. The number of ketones is 1. The quantitative estimate of drug-likeness (QED) is 0.119. The van der Waals surface area contributed by atoms with Crippen molar-refractivity contribution in [1.29, 1.82) is 0 Å². The van der Waals surface area contributed by atoms with Crippen molar-refractivity contribution < 1.29 is 46.6 Å². The second kappa shape index (κ2) is 17.0. The Labute approximate surface area is 301 Å². The highest BCUT2D eigenvalue weighted by atomic mass is 35.5. The first-order valence-corrected chi connectivity index (χ1v) is 16.8. The first-order chi connectivity index (χ1) is 24.8. The molecule has 278 valence electrons. The third-order valence-corrected chi connectivity index (χ3v) is 8.73. The first kappa shape index (κ1) is 38.2. The number of anilines is 3. The van der Waals surface area contributed by atoms with E-state index in [4.69, 9.17) is 25.8 Å². The minimum absolute atomic E-state index is 0.0257. The third-order valence-electron chi connectivity index (χ3n) is 8.48. The maximum Gasteiger partial charge on any atom is 0.422 e. The Morgan fingerprint density at radius 3 is 2.29 bits per heavy atom. The zero-order chi connectivity index (χ0) is 37.3. The second-order valence-electron chi connectivity index (χ2n) is 12.4. The zero-order valence-corrected chi connectivity index (χ0v) is 28.8. The summed E-state index contributed by atoms with van der Waals surface area (Å²) in [6.07, 6.45) is -2.12. The number of benzene rings is 2. The smallest absolute Gasteiger partial charge is 0.422 e. The lowest BCUT2D eigenvalue weighted by Gasteiger charge is -2.22. The number of carbonyl (C=O) groups is 4. The van der Waals surface area contributed by atoms with E-state index in [9.17, 15) is 32.3 Å². The summed E-state index contributed by atoms with van der Waals surface area (Å²) >= 11 is 6.02. The Bertz CT molecular complexity index is 1740. The molecular weight excluding hydrogens is 711 g/mol. The number of amides is 2. The van der Waals surface area contributed by atoms with Crippen molar-refractivity contribution in [2.75, 3.05) is 44.1 Å². The average molecular weight is 748 g/mol. The number of ether oxygens (including phenoxy) is 3. The van der Waals surface area contributed by atoms with E-state index >= 15 is 0 Å². The first-order valence-electron chi connectivity index (χ1n) is 16.5. The van der Waals surface area contributed by atoms with Crippen LogP contribution in [0.25, 0.3) is 0 Å². The Balaban J connectivity index is 1.21. The number of hydrogen-bond acceptors (Lipinski definition) is 12. The maximum atomic E-state index is 13.0. The summed E-state index contributed by atoms with van der Waals surface area (Å²) in [5.41, 5.74) is 0.833. The normalized spacial score (nSPS) is 15.9. The number of halogens is 4. The lowest BCUT2D eigenvalue weighted by atomic mass is 10.0. The van der Waals surface area contributed by atoms with E-state index in [1.807, 2.05) is 12.1 Å². The number of hydrogen-bond donors (Lipinski definition) is 4. The molecule has 0 bridgehead atoms. The van der Waals surface area contributed by atoms with Gasteiger partial charge in [0.25, 0.3) is 11.8 Å². The number of Topliss-reactive ketones (excluding diaryl/α,β-unsaturated/α-hetero) is 1. The van der Waals surface area contributed by atoms with Crippen LogP contribution in [0.15, 0.2) is 48.5 Å². The summed E-state index contributed by atoms with van der Waals surface area (Å²) < 4.78 is 53.7. The molecule has 2 heterocycles. The summed E-state index contributed by atoms with van der Waals surface area (Å²) in [5.74, 6) is -2.90. The molecule has 2 fully saturated rings. The van der Waals surface area contributed by atoms with E-state index in [0.29, 0.717) is 43.3 Å². The third kappa shape index (κ3) is 11.0. The van der Waals surface area contributed by atoms with Crippen LogP contribution in [0.2, 0.25) is 5.02 Å². The van der Waals surface area contributed by atoms with Gasteiger partial charge < -0.3 is 35.5 Å². The minimum Gasteiger partial charge on any atom is -0.467 e. The number of esters is 1. The van der Waals surface area contributed by atoms with Gasteiger partial charge in [-0.2, -0.15) is 28.1 Å². The van der Waals surface area contributed by atoms with Gasteiger partial charge in [-0.25, -0.2) is 4.79 Å². The van der Waals surface area contributed by atoms with Crippen molar-refractivity contribution in [3.8, 4) is 6.01 Å². The fourth-order valence-electron chi connectivity index (χ4n) is 5.41. The van der Waals surface area contributed by atoms with Crippen molar-refractivity contribution >= 4 is 52.8 Å². The molecule has 2 amide bonds. The number of methoxy groups -OCH3 is 1. The van der Waals surface area contributed by atoms with Gasteiger partial charge in [-0.1, -0.05) is 23.7 Å². The predicted octanol–water partition coefficient (Wildman–Crippen LogP) is 4.47. The topological polar surface area (TPSA) is 183 Å². The van der Waals surface area contributed by atoms with Crippen LogP contribution < -0.4 is 26.0 Å². The summed E-state index contributed by atoms with van der Waals surface area (Å²) in [5, 5.41) is 11.8. The highest BCUT2D eigenvalue weighted by Crippen LogP contribution is 2.48. The van der Waals surface area contributed by atoms with Gasteiger partial charge in [0.15, 0.2) is 6.61 Å². The summed E-state index contributed by atoms with van der Waals surface area (Å²) in [6, 6.07) is 11.2. The lowest BCUT2D eigenvalue weighted by Crippen LogP contribution is -2.42. The van der Waals surface area contributed by atoms with Crippen LogP contribution in [0, 0.1) is 5.92 Å². The second-order valence-corrected chi connectivity index (χ2v) is 12.8. The number of carbonyl (C=O) groups excluding carboxylic acids is 4. The Morgan fingerprint density at radius 2 is 1.65 bits per heavy atom. The molecule has 3 aromatic rings. The SMILES string of the molecule is COC(=O)[C@H](CCC(=O)C(=O)NCC1CCOCC1)NC(=O)c1ccc(Nc2nc(NC3(c4ccc(Cl)cc4)CC3)nc(OCC(F)(F)F)n2)cc1. The van der Waals surface area contributed by atoms with Crippen LogP contribution in [0.4, 0.5) is 30.8 Å². The average Bonchev–Trinajstić information content (AvgIpc) is 3.91. The van der Waals surface area contributed by atoms with E-state index in [0.717, 1.165) is 25.5 Å². The van der Waals surface area contributed by atoms with Gasteiger partial charge >= 0.3 is 18.2 Å². The molecule has 2 aromatic carbocycles. The molecule has 0 unspecified atom stereocenters. The Hall–Kier alpha value is -5.03. The maximum absolute atomic E-state index is 13.0. The van der Waals surface area contributed by atoms with Gasteiger partial charge in [0.2, 0.25) is 17.7 Å². The molecule has 1 aromatic heterocycles. The van der Waals surface area contributed by atoms with Crippen molar-refractivity contribution in [3.05, 3.63) is 64.7 Å². The molecule has 0 spiro atoms. The number of aromatic nitrogens is 3. The van der Waals surface area contributed by atoms with E-state index in [2.05, 4.69) is 36.2 Å². The summed E-state index contributed by atoms with van der Waals surface area (Å²) in [7, 11) is 1.13. The zero-order valence-electron chi connectivity index (χ0n) is 28.1. The van der Waals surface area contributed by atoms with Gasteiger partial charge in [-0.3, -0.25) is 14.4 Å². The van der Waals surface area contributed by atoms with Crippen molar-refractivity contribution in [1.82, 2.24) is 25.6 Å². The molecular formula is C34H37ClF3N7O7. The van der Waals surface area contributed by atoms with E-state index < -0.39 is 53.9 Å². The molecule has 1 saturated heterocycles. The molecule has 2 aliphatic rings. The number of nitrogens with zero attached hydrogens (tertiary/aromatic N) is 3. The van der Waals surface area contributed by atoms with E-state index in [1.165, 1.54) is 24.3 Å². The van der Waals surface area contributed by atoms with Crippen LogP contribution in [-0.4, -0.2) is 84.2 Å². The van der Waals surface area contributed by atoms with Crippen LogP contribution in [0.3, 0.4) is 0 Å². The molecule has 1 aliphatic heterocycles. The van der Waals surface area contributed by atoms with Crippen LogP contribution in [0.5, 0.6) is 6.01 Å². The van der Waals surface area contributed by atoms with Crippen molar-refractivity contribution in [2.24, 2.45) is 5.92 Å². The van der Waals surface area contributed by atoms with E-state index in [1.54, 1.807) is 12.1 Å². The lowest BCUT2D eigenvalue weighted by molar-refractivity contribution is -0.154. The Kier molecular flexibility index (Phi) is 12.5. The molecule has 52 heavy (non-hydrogen) atoms. The monoisotopic (exact) mass is 747 g/mol. The highest BCUT2D eigenvalue weighted by Gasteiger charge is 2.45. The molecule has 4 N–H and O–H groups in total. The van der Waals surface area contributed by atoms with Gasteiger partial charge in [0.05, 0.1) is 12.6 Å². The molecule has 1 atom stereocenters. The Morgan fingerprint density at radius 1 is 0.981 bits per heavy atom. The molecule has 18 heteroatoms. The van der Waals surface area contributed by atoms with Gasteiger partial charge in [-0.15, -0.1) is 0 Å². The standard InChI is InChI=1S/C34H37ClF3N7O7/c1-50-29(49)25(10-11-26(46)28(48)39-18-20-12-16-51-17-13-20)41-27(47)21-2-8-24(9-3-21)40-30-42-31(44-32(43-30)52-19-34(36,37)38)45-33(14-15-33)22-4-6-23(35)7-5-22/h2-9,20,25H,10-19H2,1H3,(H,39,48)(H,41,47)(H2,40,42,43,44,45)/t25-/m0/s1. The molecule has 14 nitrogen and oxygen atoms in total. The molecule has 0 radical (unpaired) electrons. The van der Waals surface area contributed by atoms with Gasteiger partial charge in [0, 0.05) is 42.5 Å². The van der Waals surface area contributed by atoms with Crippen molar-refractivity contribution in [2.45, 2.75) is 56.3 Å². The molecule has 1 aliphatic carbocycles. The van der Waals surface area contributed by atoms with Crippen LogP contribution in [0.1, 0.15) is 54.4 Å². The fraction of sp³-hybridized carbons (Fsp3) is 0.441.